The number of fused-ring (bicyclic) bond motifs is 1. The Morgan fingerprint density at radius 3 is 1.92 bits per heavy atom. The number of aromatic nitrogens is 2. The minimum absolute atomic E-state index is 0.0963. The van der Waals surface area contributed by atoms with Crippen LogP contribution in [0.3, 0.4) is 0 Å². The second-order valence-corrected chi connectivity index (χ2v) is 14.8. The molecule has 0 unspecified atom stereocenters. The summed E-state index contributed by atoms with van der Waals surface area (Å²) in [6.07, 6.45) is -11.7. The Labute approximate surface area is 356 Å². The lowest BCUT2D eigenvalue weighted by Crippen LogP contribution is -2.53. The summed E-state index contributed by atoms with van der Waals surface area (Å²) in [7, 11) is 0. The number of unbranched alkanes of at least 4 members (excludes halogenated alkanes) is 1. The minimum atomic E-state index is -1.91. The smallest absolute Gasteiger partial charge is 0.280 e. The highest BCUT2D eigenvalue weighted by atomic mass is 35.5. The van der Waals surface area contributed by atoms with Gasteiger partial charge in [0.15, 0.2) is 28.4 Å². The number of nitrogen functional groups attached to an aromatic ring is 2. The van der Waals surface area contributed by atoms with E-state index in [1.807, 2.05) is 36.4 Å². The van der Waals surface area contributed by atoms with Crippen LogP contribution in [0.2, 0.25) is 5.15 Å². The van der Waals surface area contributed by atoms with Crippen LogP contribution in [0.4, 0.5) is 11.6 Å². The number of anilines is 2. The molecule has 2 amide bonds. The van der Waals surface area contributed by atoms with Crippen LogP contribution in [0.5, 0.6) is 0 Å². The number of carbonyl (C=O) groups is 2. The van der Waals surface area contributed by atoms with E-state index in [2.05, 4.69) is 30.9 Å². The first-order valence-electron chi connectivity index (χ1n) is 19.5. The molecule has 0 aliphatic heterocycles. The maximum Gasteiger partial charge on any atom is 0.280 e. The number of aliphatic imine (C=N–C) groups is 1. The van der Waals surface area contributed by atoms with Crippen molar-refractivity contribution in [3.8, 4) is 0 Å². The Balaban J connectivity index is 1.61. The van der Waals surface area contributed by atoms with Crippen molar-refractivity contribution in [1.29, 1.82) is 0 Å². The third-order valence-electron chi connectivity index (χ3n) is 9.88. The molecule has 0 saturated carbocycles. The molecule has 23 heteroatoms. The topological polar surface area (TPSA) is 392 Å². The van der Waals surface area contributed by atoms with Gasteiger partial charge in [-0.2, -0.15) is 0 Å². The quantitative estimate of drug-likeness (QED) is 0.0112. The van der Waals surface area contributed by atoms with Gasteiger partial charge >= 0.3 is 0 Å². The molecule has 3 rings (SSSR count). The number of guanidine groups is 1. The summed E-state index contributed by atoms with van der Waals surface area (Å²) < 4.78 is 0. The van der Waals surface area contributed by atoms with E-state index in [9.17, 15) is 50.4 Å². The third-order valence-corrected chi connectivity index (χ3v) is 10.2. The van der Waals surface area contributed by atoms with Gasteiger partial charge < -0.3 is 73.6 Å². The van der Waals surface area contributed by atoms with E-state index in [-0.39, 0.29) is 41.5 Å². The molecule has 0 fully saturated rings. The number of nitrogens with two attached hydrogens (primary N) is 3. The second kappa shape index (κ2) is 25.5. The van der Waals surface area contributed by atoms with Gasteiger partial charge in [-0.05, 0) is 60.7 Å². The van der Waals surface area contributed by atoms with E-state index in [1.165, 1.54) is 4.90 Å². The van der Waals surface area contributed by atoms with Crippen LogP contribution in [-0.2, 0) is 17.6 Å². The van der Waals surface area contributed by atoms with Crippen LogP contribution in [0.15, 0.2) is 41.4 Å². The first-order chi connectivity index (χ1) is 29.0. The normalized spacial score (nSPS) is 16.6. The average Bonchev–Trinajstić information content (AvgIpc) is 3.24. The second-order valence-electron chi connectivity index (χ2n) is 14.4. The molecule has 1 heterocycles. The molecule has 3 aromatic rings. The van der Waals surface area contributed by atoms with E-state index >= 15 is 0 Å². The molecule has 340 valence electrons. The minimum Gasteiger partial charge on any atom is -0.394 e. The fourth-order valence-electron chi connectivity index (χ4n) is 6.47. The number of aliphatic hydroxyl groups excluding tert-OH is 10. The maximum atomic E-state index is 12.5. The van der Waals surface area contributed by atoms with E-state index in [4.69, 9.17) is 39.0 Å². The molecule has 0 saturated heterocycles. The highest BCUT2D eigenvalue weighted by Gasteiger charge is 2.34. The summed E-state index contributed by atoms with van der Waals surface area (Å²) in [5.74, 6) is -1.19. The van der Waals surface area contributed by atoms with Crippen molar-refractivity contribution < 1.29 is 60.7 Å². The van der Waals surface area contributed by atoms with Crippen LogP contribution in [-0.4, -0.2) is 185 Å². The number of nitrogens with one attached hydrogen (secondary N) is 3. The molecule has 19 N–H and O–H groups in total. The number of carbonyl (C=O) groups excluding carboxylic acids is 2. The van der Waals surface area contributed by atoms with Gasteiger partial charge in [0.05, 0.1) is 31.6 Å². The third kappa shape index (κ3) is 15.5. The highest BCUT2D eigenvalue weighted by molar-refractivity contribution is 6.31. The molecular weight excluding hydrogens is 824 g/mol. The number of hydrogen-bond donors (Lipinski definition) is 16. The van der Waals surface area contributed by atoms with Crippen molar-refractivity contribution in [1.82, 2.24) is 30.8 Å². The number of aliphatic hydroxyl groups is 10. The number of rotatable bonds is 27. The first-order valence-corrected chi connectivity index (χ1v) is 19.9. The van der Waals surface area contributed by atoms with Crippen molar-refractivity contribution >= 4 is 52.3 Å². The zero-order valence-corrected chi connectivity index (χ0v) is 34.2. The predicted molar refractivity (Wildman–Crippen MR) is 225 cm³/mol. The van der Waals surface area contributed by atoms with Crippen LogP contribution in [0.25, 0.3) is 10.8 Å². The molecule has 0 spiro atoms. The maximum absolute atomic E-state index is 12.5. The SMILES string of the molecule is NC(=NCCCCc1ccc(C[C@@H](NC=O)NCCCN(C[C@H](O)[C@@H](O)[C@H](O)[C@H](O)CO)C[C@H](O)[C@@H](O)[C@H](O)[C@H](O)CO)c2ccccc12)NC(=O)c1nc(Cl)c(N)nc1N. The summed E-state index contributed by atoms with van der Waals surface area (Å²) in [5, 5.41) is 110. The lowest BCUT2D eigenvalue weighted by molar-refractivity contribution is -0.130. The van der Waals surface area contributed by atoms with Crippen molar-refractivity contribution in [2.75, 3.05) is 57.4 Å². The Bertz CT molecular complexity index is 1840. The molecule has 1 aromatic heterocycles. The Morgan fingerprint density at radius 1 is 0.787 bits per heavy atom. The van der Waals surface area contributed by atoms with Crippen LogP contribution in [0, 0.1) is 0 Å². The van der Waals surface area contributed by atoms with E-state index in [0.717, 1.165) is 28.3 Å². The number of benzene rings is 2. The Morgan fingerprint density at radius 2 is 1.34 bits per heavy atom. The fourth-order valence-corrected chi connectivity index (χ4v) is 6.60. The molecule has 0 aliphatic rings. The van der Waals surface area contributed by atoms with Gasteiger partial charge in [-0.15, -0.1) is 0 Å². The van der Waals surface area contributed by atoms with Gasteiger partial charge in [-0.25, -0.2) is 9.97 Å². The summed E-state index contributed by atoms with van der Waals surface area (Å²) >= 11 is 5.85. The molecular formula is C38H59ClN10O12. The summed E-state index contributed by atoms with van der Waals surface area (Å²) in [5.41, 5.74) is 18.9. The van der Waals surface area contributed by atoms with Gasteiger partial charge in [-0.1, -0.05) is 48.0 Å². The largest absolute Gasteiger partial charge is 0.394 e. The summed E-state index contributed by atoms with van der Waals surface area (Å²) in [6, 6.07) is 11.8. The van der Waals surface area contributed by atoms with Gasteiger partial charge in [0, 0.05) is 26.1 Å². The van der Waals surface area contributed by atoms with Gasteiger partial charge in [0.2, 0.25) is 6.41 Å². The van der Waals surface area contributed by atoms with E-state index in [1.54, 1.807) is 0 Å². The number of halogens is 1. The van der Waals surface area contributed by atoms with Gasteiger partial charge in [-0.3, -0.25) is 30.1 Å². The van der Waals surface area contributed by atoms with Crippen molar-refractivity contribution in [3.05, 3.63) is 58.4 Å². The predicted octanol–water partition coefficient (Wildman–Crippen LogP) is -4.72. The number of nitrogens with zero attached hydrogens (tertiary/aromatic N) is 4. The number of amides is 2. The summed E-state index contributed by atoms with van der Waals surface area (Å²) in [4.78, 5) is 37.3. The standard InChI is InChI=1S/C38H59ClN10O12/c39-34-36(41)47-35(40)29(46-34)37(61)48-38(42)44-11-4-3-6-20-9-10-21(23-8-2-1-7-22(20)23)14-28(45-19-52)43-12-5-13-49(15-24(53)30(57)32(59)26(55)17-50)16-25(54)31(58)33(60)27(56)18-51/h1-2,7-10,19,24-28,30-33,43,50-51,53-60H,3-6,11-18H2,(H,45,52)(H4,40,41,47)(H3,42,44,48,61)/t24-,25-,26+,27+,28+,30+,31+,32+,33+/m0/s1. The molecule has 61 heavy (non-hydrogen) atoms. The van der Waals surface area contributed by atoms with Gasteiger partial charge in [0.25, 0.3) is 5.91 Å². The summed E-state index contributed by atoms with van der Waals surface area (Å²) in [6.45, 7) is -1.87. The van der Waals surface area contributed by atoms with Crippen LogP contribution >= 0.6 is 11.6 Å². The first kappa shape index (κ1) is 51.0. The number of aryl methyl sites for hydroxylation is 1. The molecule has 9 atom stereocenters. The van der Waals surface area contributed by atoms with E-state index < -0.39 is 87.2 Å². The van der Waals surface area contributed by atoms with Crippen molar-refractivity contribution in [2.45, 2.75) is 87.1 Å². The molecule has 2 aromatic carbocycles. The molecule has 22 nitrogen and oxygen atoms in total. The zero-order valence-electron chi connectivity index (χ0n) is 33.4. The number of hydrogen-bond acceptors (Lipinski definition) is 19. The monoisotopic (exact) mass is 882 g/mol. The zero-order chi connectivity index (χ0) is 45.2. The lowest BCUT2D eigenvalue weighted by Gasteiger charge is -2.33. The Kier molecular flexibility index (Phi) is 21.3. The van der Waals surface area contributed by atoms with Crippen LogP contribution in [0.1, 0.15) is 40.9 Å². The molecule has 0 radical (unpaired) electrons. The van der Waals surface area contributed by atoms with Crippen molar-refractivity contribution in [3.63, 3.8) is 0 Å². The average molecular weight is 883 g/mol. The lowest BCUT2D eigenvalue weighted by atomic mass is 9.94. The fraction of sp³-hybridized carbons (Fsp3) is 0.553. The van der Waals surface area contributed by atoms with E-state index in [0.29, 0.717) is 38.6 Å². The highest BCUT2D eigenvalue weighted by Crippen LogP contribution is 2.25. The Hall–Kier alpha value is -4.40. The molecule has 0 bridgehead atoms. The van der Waals surface area contributed by atoms with Gasteiger partial charge in [0.1, 0.15) is 36.6 Å². The molecule has 0 aliphatic carbocycles. The van der Waals surface area contributed by atoms with Crippen LogP contribution < -0.4 is 33.2 Å². The van der Waals surface area contributed by atoms with Crippen molar-refractivity contribution in [2.24, 2.45) is 10.7 Å².